The number of nitrogens with two attached hydrogens (primary N) is 2. The van der Waals surface area contributed by atoms with Crippen molar-refractivity contribution in [1.82, 2.24) is 39.0 Å². The average Bonchev–Trinajstić information content (AvgIpc) is 3.80. The first-order valence-corrected chi connectivity index (χ1v) is 23.7. The van der Waals surface area contributed by atoms with Gasteiger partial charge in [0.25, 0.3) is 0 Å². The van der Waals surface area contributed by atoms with Gasteiger partial charge in [-0.3, -0.25) is 18.2 Å². The largest absolute Gasteiger partial charge is 0.408 e. The van der Waals surface area contributed by atoms with E-state index in [0.717, 1.165) is 0 Å². The van der Waals surface area contributed by atoms with E-state index < -0.39 is 77.5 Å². The fraction of sp³-hybridized carbons (Fsp3) is 0.615. The van der Waals surface area contributed by atoms with Crippen LogP contribution >= 0.6 is 13.4 Å². The van der Waals surface area contributed by atoms with Crippen LogP contribution in [0.1, 0.15) is 33.2 Å². The summed E-state index contributed by atoms with van der Waals surface area (Å²) < 4.78 is 62.3. The zero-order valence-electron chi connectivity index (χ0n) is 27.9. The lowest BCUT2D eigenvalue weighted by atomic mass is 10.1. The van der Waals surface area contributed by atoms with Gasteiger partial charge in [-0.05, 0) is 41.7 Å². The molecule has 3 aliphatic rings. The third-order valence-corrected chi connectivity index (χ3v) is 17.0. The third kappa shape index (κ3) is 6.98. The molecule has 4 aromatic rings. The van der Waals surface area contributed by atoms with E-state index in [9.17, 15) is 9.79 Å². The van der Waals surface area contributed by atoms with E-state index in [2.05, 4.69) is 29.9 Å². The van der Waals surface area contributed by atoms with Crippen LogP contribution in [0, 0.1) is 0 Å². The second-order valence-electron chi connectivity index (χ2n) is 13.8. The van der Waals surface area contributed by atoms with E-state index in [1.807, 2.05) is 33.9 Å². The smallest absolute Gasteiger partial charge is 0.325 e. The fourth-order valence-electron chi connectivity index (χ4n) is 5.83. The van der Waals surface area contributed by atoms with E-state index >= 15 is 4.39 Å². The molecule has 0 saturated carbocycles. The van der Waals surface area contributed by atoms with Crippen LogP contribution in [0.15, 0.2) is 25.3 Å². The molecule has 6 N–H and O–H groups in total. The van der Waals surface area contributed by atoms with Crippen molar-refractivity contribution < 1.29 is 46.2 Å². The lowest BCUT2D eigenvalue weighted by Gasteiger charge is -2.40. The van der Waals surface area contributed by atoms with Crippen LogP contribution in [0.5, 0.6) is 0 Å². The molecule has 7 rings (SSSR count). The van der Waals surface area contributed by atoms with Gasteiger partial charge in [0.15, 0.2) is 49.9 Å². The Balaban J connectivity index is 1.25. The molecule has 278 valence electrons. The number of hydrogen-bond donors (Lipinski definition) is 4. The summed E-state index contributed by atoms with van der Waals surface area (Å²) in [4.78, 5) is 47.9. The highest BCUT2D eigenvalue weighted by Crippen LogP contribution is 2.55. The zero-order chi connectivity index (χ0) is 36.7. The number of halogens is 1. The second kappa shape index (κ2) is 13.3. The average molecular weight is 807 g/mol. The Morgan fingerprint density at radius 2 is 1.31 bits per heavy atom. The molecular weight excluding hydrogens is 770 g/mol. The summed E-state index contributed by atoms with van der Waals surface area (Å²) in [5.41, 5.74) is 13.0. The van der Waals surface area contributed by atoms with Crippen LogP contribution in [-0.4, -0.2) is 107 Å². The quantitative estimate of drug-likeness (QED) is 0.171. The van der Waals surface area contributed by atoms with Crippen molar-refractivity contribution in [3.63, 3.8) is 0 Å². The molecule has 3 saturated heterocycles. The molecule has 0 spiro atoms. The summed E-state index contributed by atoms with van der Waals surface area (Å²) in [5.74, 6) is 0.214. The van der Waals surface area contributed by atoms with Gasteiger partial charge in [-0.1, -0.05) is 20.8 Å². The van der Waals surface area contributed by atoms with E-state index in [-0.39, 0.29) is 34.4 Å². The van der Waals surface area contributed by atoms with Crippen LogP contribution in [0.4, 0.5) is 16.0 Å². The van der Waals surface area contributed by atoms with Gasteiger partial charge in [-0.25, -0.2) is 34.3 Å². The number of hydrogen-bond acceptors (Lipinski definition) is 17. The first-order chi connectivity index (χ1) is 23.9. The molecule has 4 aromatic heterocycles. The highest BCUT2D eigenvalue weighted by Gasteiger charge is 2.55. The SMILES string of the molecule is CC(C)(C)[Si](C)(C)OC1[C@H]2OP(O)(=S)OC[C@H]3O[C@@H](n4cnc5c(N)ncnc54)[C@H](F)[C@@H]3OP(O)(=S)OC[C@H]1O[C@H]2n1cnc2c(N)ncnc21. The predicted octanol–water partition coefficient (Wildman–Crippen LogP) is 2.60. The Hall–Kier alpha value is -2.21. The van der Waals surface area contributed by atoms with Gasteiger partial charge < -0.3 is 44.2 Å². The minimum Gasteiger partial charge on any atom is -0.408 e. The molecule has 0 aliphatic carbocycles. The normalized spacial score (nSPS) is 35.4. The van der Waals surface area contributed by atoms with Crippen molar-refractivity contribution in [2.75, 3.05) is 24.7 Å². The monoisotopic (exact) mass is 806 g/mol. The fourth-order valence-corrected chi connectivity index (χ4v) is 10.00. The van der Waals surface area contributed by atoms with E-state index in [1.54, 1.807) is 4.57 Å². The molecule has 10 atom stereocenters. The molecule has 0 amide bonds. The van der Waals surface area contributed by atoms with E-state index in [1.165, 1.54) is 29.9 Å². The maximum atomic E-state index is 16.3. The van der Waals surface area contributed by atoms with Crippen molar-refractivity contribution in [2.24, 2.45) is 0 Å². The molecule has 2 bridgehead atoms. The molecule has 0 aromatic carbocycles. The molecule has 51 heavy (non-hydrogen) atoms. The molecule has 3 fully saturated rings. The number of fused-ring (bicyclic) bond motifs is 5. The summed E-state index contributed by atoms with van der Waals surface area (Å²) in [5, 5.41) is -0.280. The number of nitrogens with zero attached hydrogens (tertiary/aromatic N) is 8. The third-order valence-electron chi connectivity index (χ3n) is 9.43. The summed E-state index contributed by atoms with van der Waals surface area (Å²) in [6.07, 6.45) is -5.18. The van der Waals surface area contributed by atoms with Crippen molar-refractivity contribution >= 4 is 79.3 Å². The minimum atomic E-state index is -4.23. The van der Waals surface area contributed by atoms with Crippen molar-refractivity contribution in [1.29, 1.82) is 0 Å². The van der Waals surface area contributed by atoms with Crippen molar-refractivity contribution in [2.45, 2.75) is 88.1 Å². The molecule has 3 unspecified atom stereocenters. The highest BCUT2D eigenvalue weighted by atomic mass is 32.5. The predicted molar refractivity (Wildman–Crippen MR) is 189 cm³/mol. The Bertz CT molecular complexity index is 2060. The zero-order valence-corrected chi connectivity index (χ0v) is 32.3. The van der Waals surface area contributed by atoms with Gasteiger partial charge in [-0.2, -0.15) is 0 Å². The highest BCUT2D eigenvalue weighted by molar-refractivity contribution is 8.07. The van der Waals surface area contributed by atoms with Gasteiger partial charge in [0.2, 0.25) is 0 Å². The van der Waals surface area contributed by atoms with Crippen LogP contribution < -0.4 is 11.5 Å². The van der Waals surface area contributed by atoms with Crippen molar-refractivity contribution in [3.05, 3.63) is 25.3 Å². The first-order valence-electron chi connectivity index (χ1n) is 15.7. The van der Waals surface area contributed by atoms with E-state index in [0.29, 0.717) is 11.2 Å². The number of aromatic nitrogens is 8. The number of nitrogen functional groups attached to an aromatic ring is 2. The number of rotatable bonds is 4. The molecule has 25 heteroatoms. The molecule has 7 heterocycles. The van der Waals surface area contributed by atoms with Crippen LogP contribution in [0.25, 0.3) is 22.3 Å². The lowest BCUT2D eigenvalue weighted by Crippen LogP contribution is -2.50. The topological polar surface area (TPSA) is 244 Å². The van der Waals surface area contributed by atoms with Crippen LogP contribution in [0.3, 0.4) is 0 Å². The van der Waals surface area contributed by atoms with Gasteiger partial charge in [0, 0.05) is 0 Å². The van der Waals surface area contributed by atoms with Crippen LogP contribution in [0.2, 0.25) is 18.1 Å². The summed E-state index contributed by atoms with van der Waals surface area (Å²) >= 11 is 10.9. The Kier molecular flexibility index (Phi) is 9.66. The summed E-state index contributed by atoms with van der Waals surface area (Å²) in [6.45, 7) is 0.823. The number of alkyl halides is 1. The van der Waals surface area contributed by atoms with Gasteiger partial charge in [-0.15, -0.1) is 0 Å². The molecule has 0 radical (unpaired) electrons. The van der Waals surface area contributed by atoms with Gasteiger partial charge in [0.1, 0.15) is 54.2 Å². The molecule has 3 aliphatic heterocycles. The second-order valence-corrected chi connectivity index (χ2v) is 24.1. The Morgan fingerprint density at radius 1 is 0.824 bits per heavy atom. The maximum absolute atomic E-state index is 16.3. The Labute approximate surface area is 301 Å². The molecular formula is C26H37FN10O9P2S2Si. The molecule has 19 nitrogen and oxygen atoms in total. The van der Waals surface area contributed by atoms with Crippen LogP contribution in [-0.2, 0) is 55.6 Å². The number of imidazole rings is 2. The number of ether oxygens (including phenoxy) is 2. The first kappa shape index (κ1) is 37.1. The van der Waals surface area contributed by atoms with E-state index in [4.69, 9.17) is 67.1 Å². The minimum absolute atomic E-state index is 0.0808. The lowest BCUT2D eigenvalue weighted by molar-refractivity contribution is -0.0601. The number of anilines is 2. The Morgan fingerprint density at radius 3 is 1.86 bits per heavy atom. The van der Waals surface area contributed by atoms with Gasteiger partial charge >= 0.3 is 13.4 Å². The standard InChI is InChI=1S/C26H37FN10O9P2S2Si/c1-26(2,3)51(4,5)46-18-13-7-41-47(38,49)44-17-12(42-24(14(17)27)36-10-34-15-20(28)30-8-32-22(15)36)6-40-48(39,50)45-19(18)25(43-13)37-11-35-16-21(29)31-9-33-23(16)37/h8-14,17-19,24-25H,6-7H2,1-5H3,(H,38,49)(H,39,50)(H2,28,30,32)(H2,29,31,33)/t12-,13-,14-,17-,18?,19-,24-,25-,47?,48?/m1/s1. The van der Waals surface area contributed by atoms with Gasteiger partial charge in [0.05, 0.1) is 25.9 Å². The maximum Gasteiger partial charge on any atom is 0.325 e. The summed E-state index contributed by atoms with van der Waals surface area (Å²) in [7, 11) is -2.62. The summed E-state index contributed by atoms with van der Waals surface area (Å²) in [6, 6.07) is 0. The van der Waals surface area contributed by atoms with Crippen molar-refractivity contribution in [3.8, 4) is 0 Å².